The van der Waals surface area contributed by atoms with Gasteiger partial charge in [-0.2, -0.15) is 4.98 Å². The topological polar surface area (TPSA) is 59.2 Å². The van der Waals surface area contributed by atoms with Crippen LogP contribution < -0.4 is 0 Å². The molecule has 1 amide bonds. The number of thioether (sulfide) groups is 1. The summed E-state index contributed by atoms with van der Waals surface area (Å²) in [4.78, 5) is 18.4. The molecule has 1 aliphatic heterocycles. The molecule has 21 heavy (non-hydrogen) atoms. The summed E-state index contributed by atoms with van der Waals surface area (Å²) in [6, 6.07) is 0. The van der Waals surface area contributed by atoms with Crippen LogP contribution in [0.25, 0.3) is 0 Å². The maximum absolute atomic E-state index is 12.1. The van der Waals surface area contributed by atoms with Gasteiger partial charge in [0.25, 0.3) is 0 Å². The van der Waals surface area contributed by atoms with Gasteiger partial charge in [0, 0.05) is 24.3 Å². The first-order chi connectivity index (χ1) is 10.1. The Labute approximate surface area is 129 Å². The van der Waals surface area contributed by atoms with Crippen LogP contribution in [0, 0.1) is 0 Å². The Morgan fingerprint density at radius 2 is 2.10 bits per heavy atom. The number of rotatable bonds is 5. The van der Waals surface area contributed by atoms with Crippen LogP contribution in [0.15, 0.2) is 4.52 Å². The Bertz CT molecular complexity index is 491. The maximum Gasteiger partial charge on any atom is 0.233 e. The zero-order valence-corrected chi connectivity index (χ0v) is 13.6. The Morgan fingerprint density at radius 3 is 2.71 bits per heavy atom. The smallest absolute Gasteiger partial charge is 0.233 e. The number of hydrogen-bond donors (Lipinski definition) is 0. The van der Waals surface area contributed by atoms with Gasteiger partial charge in [0.1, 0.15) is 0 Å². The molecule has 1 saturated heterocycles. The predicted octanol–water partition coefficient (Wildman–Crippen LogP) is 2.79. The molecule has 1 aliphatic carbocycles. The highest BCUT2D eigenvalue weighted by atomic mass is 32.2. The van der Waals surface area contributed by atoms with E-state index >= 15 is 0 Å². The van der Waals surface area contributed by atoms with Gasteiger partial charge in [0.05, 0.1) is 11.7 Å². The first kappa shape index (κ1) is 14.9. The van der Waals surface area contributed by atoms with Gasteiger partial charge in [-0.15, -0.1) is 11.8 Å². The van der Waals surface area contributed by atoms with Crippen LogP contribution >= 0.6 is 11.8 Å². The van der Waals surface area contributed by atoms with Crippen molar-refractivity contribution in [3.63, 3.8) is 0 Å². The average molecular weight is 309 g/mol. The highest BCUT2D eigenvalue weighted by molar-refractivity contribution is 8.00. The van der Waals surface area contributed by atoms with E-state index in [0.29, 0.717) is 16.9 Å². The minimum Gasteiger partial charge on any atom is -0.340 e. The molecule has 0 unspecified atom stereocenters. The minimum absolute atomic E-state index is 0.227. The zero-order chi connectivity index (χ0) is 14.8. The summed E-state index contributed by atoms with van der Waals surface area (Å²) in [6.45, 7) is 5.55. The molecule has 2 fully saturated rings. The Kier molecular flexibility index (Phi) is 4.52. The van der Waals surface area contributed by atoms with E-state index in [9.17, 15) is 4.79 Å². The number of nitrogens with zero attached hydrogens (tertiary/aromatic N) is 3. The second-order valence-electron chi connectivity index (χ2n) is 6.36. The van der Waals surface area contributed by atoms with Crippen molar-refractivity contribution in [1.29, 1.82) is 0 Å². The van der Waals surface area contributed by atoms with Gasteiger partial charge in [-0.05, 0) is 12.8 Å². The highest BCUT2D eigenvalue weighted by Crippen LogP contribution is 2.31. The van der Waals surface area contributed by atoms with E-state index < -0.39 is 0 Å². The van der Waals surface area contributed by atoms with E-state index in [-0.39, 0.29) is 17.7 Å². The fraction of sp³-hybridized carbons (Fsp3) is 0.800. The monoisotopic (exact) mass is 309 g/mol. The lowest BCUT2D eigenvalue weighted by atomic mass is 10.0. The molecule has 6 heteroatoms. The first-order valence-electron chi connectivity index (χ1n) is 7.86. The van der Waals surface area contributed by atoms with Gasteiger partial charge >= 0.3 is 0 Å². The lowest BCUT2D eigenvalue weighted by Gasteiger charge is -2.37. The number of hydrogen-bond acceptors (Lipinski definition) is 5. The Morgan fingerprint density at radius 1 is 1.38 bits per heavy atom. The number of aromatic nitrogens is 2. The van der Waals surface area contributed by atoms with Gasteiger partial charge in [-0.25, -0.2) is 0 Å². The van der Waals surface area contributed by atoms with E-state index in [4.69, 9.17) is 4.52 Å². The fourth-order valence-electron chi connectivity index (χ4n) is 2.82. The van der Waals surface area contributed by atoms with Crippen molar-refractivity contribution in [2.75, 3.05) is 18.8 Å². The summed E-state index contributed by atoms with van der Waals surface area (Å²) in [5.74, 6) is 2.83. The van der Waals surface area contributed by atoms with Crippen molar-refractivity contribution < 1.29 is 9.32 Å². The third kappa shape index (κ3) is 3.42. The third-order valence-corrected chi connectivity index (χ3v) is 5.66. The summed E-state index contributed by atoms with van der Waals surface area (Å²) >= 11 is 1.83. The minimum atomic E-state index is 0.227. The maximum atomic E-state index is 12.1. The number of amides is 1. The van der Waals surface area contributed by atoms with E-state index in [1.165, 1.54) is 25.7 Å². The summed E-state index contributed by atoms with van der Waals surface area (Å²) in [5, 5.41) is 4.69. The van der Waals surface area contributed by atoms with Crippen LogP contribution in [-0.4, -0.2) is 45.0 Å². The molecule has 2 aliphatic rings. The molecule has 0 aromatic carbocycles. The number of carbonyl (C=O) groups excluding carboxylic acids is 1. The molecule has 116 valence electrons. The lowest BCUT2D eigenvalue weighted by molar-refractivity contribution is -0.133. The number of likely N-dealkylation sites (tertiary alicyclic amines) is 1. The van der Waals surface area contributed by atoms with E-state index in [2.05, 4.69) is 10.1 Å². The third-order valence-electron chi connectivity index (χ3n) is 4.30. The van der Waals surface area contributed by atoms with Crippen LogP contribution in [-0.2, 0) is 4.79 Å². The van der Waals surface area contributed by atoms with Crippen LogP contribution in [0.5, 0.6) is 0 Å². The van der Waals surface area contributed by atoms with Gasteiger partial charge in [0.15, 0.2) is 5.82 Å². The fourth-order valence-corrected chi connectivity index (χ4v) is 4.05. The summed E-state index contributed by atoms with van der Waals surface area (Å²) in [6.07, 6.45) is 5.21. The molecule has 0 spiro atoms. The van der Waals surface area contributed by atoms with Crippen molar-refractivity contribution >= 4 is 17.7 Å². The van der Waals surface area contributed by atoms with Crippen molar-refractivity contribution in [1.82, 2.24) is 15.0 Å². The number of carbonyl (C=O) groups is 1. The molecule has 1 aromatic rings. The Hall–Kier alpha value is -1.04. The zero-order valence-electron chi connectivity index (χ0n) is 12.7. The molecular formula is C15H23N3O2S. The van der Waals surface area contributed by atoms with Crippen LogP contribution in [0.3, 0.4) is 0 Å². The van der Waals surface area contributed by atoms with Crippen molar-refractivity contribution in [3.05, 3.63) is 11.7 Å². The second-order valence-corrected chi connectivity index (χ2v) is 7.65. The molecule has 2 heterocycles. The summed E-state index contributed by atoms with van der Waals surface area (Å²) in [7, 11) is 0. The molecule has 3 rings (SSSR count). The van der Waals surface area contributed by atoms with Gasteiger partial charge in [-0.3, -0.25) is 4.79 Å². The van der Waals surface area contributed by atoms with Crippen LogP contribution in [0.4, 0.5) is 0 Å². The van der Waals surface area contributed by atoms with Crippen LogP contribution in [0.2, 0.25) is 0 Å². The molecule has 5 nitrogen and oxygen atoms in total. The van der Waals surface area contributed by atoms with E-state index in [0.717, 1.165) is 18.9 Å². The average Bonchev–Trinajstić information content (AvgIpc) is 3.06. The van der Waals surface area contributed by atoms with E-state index in [1.807, 2.05) is 30.5 Å². The van der Waals surface area contributed by atoms with Crippen molar-refractivity contribution in [2.45, 2.75) is 56.6 Å². The van der Waals surface area contributed by atoms with Gasteiger partial charge in [0.2, 0.25) is 11.8 Å². The largest absolute Gasteiger partial charge is 0.340 e. The molecule has 0 radical (unpaired) electrons. The highest BCUT2D eigenvalue weighted by Gasteiger charge is 2.35. The Balaban J connectivity index is 1.42. The molecular weight excluding hydrogens is 286 g/mol. The van der Waals surface area contributed by atoms with E-state index in [1.54, 1.807) is 0 Å². The molecule has 0 bridgehead atoms. The normalized spacial score (nSPS) is 20.2. The standard InChI is InChI=1S/C15H23N3O2S/c1-10(2)14-16-15(20-17-14)11-7-18(8-11)13(19)9-21-12-5-3-4-6-12/h10-12H,3-9H2,1-2H3. The lowest BCUT2D eigenvalue weighted by Crippen LogP contribution is -2.49. The molecule has 0 atom stereocenters. The quantitative estimate of drug-likeness (QED) is 0.837. The summed E-state index contributed by atoms with van der Waals surface area (Å²) in [5.41, 5.74) is 0. The van der Waals surface area contributed by atoms with Crippen LogP contribution in [0.1, 0.15) is 63.1 Å². The van der Waals surface area contributed by atoms with Crippen molar-refractivity contribution in [3.8, 4) is 0 Å². The first-order valence-corrected chi connectivity index (χ1v) is 8.91. The van der Waals surface area contributed by atoms with Gasteiger partial charge in [-0.1, -0.05) is 31.8 Å². The SMILES string of the molecule is CC(C)c1noc(C2CN(C(=O)CSC3CCCC3)C2)n1. The molecule has 1 aromatic heterocycles. The van der Waals surface area contributed by atoms with Gasteiger partial charge < -0.3 is 9.42 Å². The molecule has 1 saturated carbocycles. The predicted molar refractivity (Wildman–Crippen MR) is 82.4 cm³/mol. The van der Waals surface area contributed by atoms with Crippen molar-refractivity contribution in [2.24, 2.45) is 0 Å². The summed E-state index contributed by atoms with van der Waals surface area (Å²) < 4.78 is 5.29. The molecule has 0 N–H and O–H groups in total. The second kappa shape index (κ2) is 6.38.